The number of phenols is 1. The highest BCUT2D eigenvalue weighted by Crippen LogP contribution is 2.48. The summed E-state index contributed by atoms with van der Waals surface area (Å²) in [5.41, 5.74) is 0.471. The molecule has 0 atom stereocenters. The summed E-state index contributed by atoms with van der Waals surface area (Å²) >= 11 is 6.08. The predicted molar refractivity (Wildman–Crippen MR) is 62.5 cm³/mol. The van der Waals surface area contributed by atoms with E-state index in [4.69, 9.17) is 11.6 Å². The maximum Gasteiger partial charge on any atom is 0.220 e. The molecule has 0 aromatic heterocycles. The van der Waals surface area contributed by atoms with E-state index in [0.717, 1.165) is 18.4 Å². The van der Waals surface area contributed by atoms with E-state index >= 15 is 0 Å². The van der Waals surface area contributed by atoms with Gasteiger partial charge in [-0.15, -0.1) is 0 Å². The minimum Gasteiger partial charge on any atom is -0.508 e. The first-order valence-corrected chi connectivity index (χ1v) is 5.75. The summed E-state index contributed by atoms with van der Waals surface area (Å²) in [5.74, 6) is 0.188. The van der Waals surface area contributed by atoms with Crippen LogP contribution >= 0.6 is 11.6 Å². The first-order valence-electron chi connectivity index (χ1n) is 5.37. The van der Waals surface area contributed by atoms with Crippen molar-refractivity contribution in [2.75, 3.05) is 0 Å². The van der Waals surface area contributed by atoms with Gasteiger partial charge in [-0.1, -0.05) is 18.5 Å². The average molecular weight is 240 g/mol. The van der Waals surface area contributed by atoms with Crippen molar-refractivity contribution in [3.05, 3.63) is 28.8 Å². The highest BCUT2D eigenvalue weighted by Gasteiger charge is 2.46. The van der Waals surface area contributed by atoms with Crippen LogP contribution in [0.3, 0.4) is 0 Å². The second-order valence-corrected chi connectivity index (χ2v) is 4.56. The molecule has 0 saturated heterocycles. The summed E-state index contributed by atoms with van der Waals surface area (Å²) in [5, 5.41) is 13.0. The molecule has 0 aliphatic heterocycles. The van der Waals surface area contributed by atoms with E-state index < -0.39 is 0 Å². The van der Waals surface area contributed by atoms with Gasteiger partial charge in [0.1, 0.15) is 5.75 Å². The summed E-state index contributed by atoms with van der Waals surface area (Å²) in [6.45, 7) is 1.81. The van der Waals surface area contributed by atoms with Crippen LogP contribution in [-0.2, 0) is 10.3 Å². The smallest absolute Gasteiger partial charge is 0.220 e. The Morgan fingerprint density at radius 2 is 2.25 bits per heavy atom. The average Bonchev–Trinajstić information content (AvgIpc) is 3.02. The van der Waals surface area contributed by atoms with Gasteiger partial charge in [-0.3, -0.25) is 4.79 Å². The number of hydrogen-bond donors (Lipinski definition) is 2. The highest BCUT2D eigenvalue weighted by molar-refractivity contribution is 6.31. The number of nitrogens with one attached hydrogen (secondary N) is 1. The van der Waals surface area contributed by atoms with Gasteiger partial charge in [0.15, 0.2) is 0 Å². The Morgan fingerprint density at radius 1 is 1.56 bits per heavy atom. The molecule has 86 valence electrons. The van der Waals surface area contributed by atoms with E-state index in [2.05, 4.69) is 5.32 Å². The number of carbonyl (C=O) groups excluding carboxylic acids is 1. The van der Waals surface area contributed by atoms with Crippen LogP contribution in [0.15, 0.2) is 18.2 Å². The van der Waals surface area contributed by atoms with Crippen LogP contribution in [0.4, 0.5) is 0 Å². The van der Waals surface area contributed by atoms with Gasteiger partial charge in [-0.05, 0) is 36.6 Å². The zero-order valence-electron chi connectivity index (χ0n) is 9.09. The molecule has 2 N–H and O–H groups in total. The van der Waals surface area contributed by atoms with E-state index in [0.29, 0.717) is 11.4 Å². The molecular weight excluding hydrogens is 226 g/mol. The van der Waals surface area contributed by atoms with Crippen molar-refractivity contribution in [1.82, 2.24) is 5.32 Å². The molecule has 1 aromatic rings. The second-order valence-electron chi connectivity index (χ2n) is 4.15. The van der Waals surface area contributed by atoms with Crippen LogP contribution in [0.1, 0.15) is 31.7 Å². The molecule has 1 saturated carbocycles. The Labute approximate surface area is 99.4 Å². The van der Waals surface area contributed by atoms with Crippen LogP contribution in [-0.4, -0.2) is 11.0 Å². The molecule has 0 bridgehead atoms. The predicted octanol–water partition coefficient (Wildman–Crippen LogP) is 2.56. The number of benzene rings is 1. The van der Waals surface area contributed by atoms with Crippen LogP contribution in [0.25, 0.3) is 0 Å². The van der Waals surface area contributed by atoms with Crippen molar-refractivity contribution in [1.29, 1.82) is 0 Å². The maximum atomic E-state index is 11.4. The lowest BCUT2D eigenvalue weighted by Crippen LogP contribution is -2.34. The number of rotatable bonds is 3. The number of aromatic hydroxyl groups is 1. The summed E-state index contributed by atoms with van der Waals surface area (Å²) in [6, 6.07) is 4.83. The molecule has 0 radical (unpaired) electrons. The summed E-state index contributed by atoms with van der Waals surface area (Å²) in [7, 11) is 0. The fourth-order valence-corrected chi connectivity index (χ4v) is 2.12. The molecule has 1 amide bonds. The lowest BCUT2D eigenvalue weighted by atomic mass is 10.0. The quantitative estimate of drug-likeness (QED) is 0.852. The number of phenolic OH excluding ortho intramolecular Hbond substituents is 1. The number of carbonyl (C=O) groups is 1. The summed E-state index contributed by atoms with van der Waals surface area (Å²) in [4.78, 5) is 11.4. The molecule has 2 rings (SSSR count). The standard InChI is InChI=1S/C12H14ClNO2/c1-2-11(16)14-12(5-6-12)9-7-8(15)3-4-10(9)13/h3-4,7,15H,2,5-6H2,1H3,(H,14,16). The van der Waals surface area contributed by atoms with Crippen molar-refractivity contribution < 1.29 is 9.90 Å². The van der Waals surface area contributed by atoms with Gasteiger partial charge in [0.05, 0.1) is 5.54 Å². The van der Waals surface area contributed by atoms with E-state index in [1.54, 1.807) is 18.2 Å². The van der Waals surface area contributed by atoms with Crippen molar-refractivity contribution in [2.24, 2.45) is 0 Å². The number of amides is 1. The Hall–Kier alpha value is -1.22. The van der Waals surface area contributed by atoms with Crippen molar-refractivity contribution in [3.63, 3.8) is 0 Å². The van der Waals surface area contributed by atoms with E-state index in [1.165, 1.54) is 0 Å². The molecule has 16 heavy (non-hydrogen) atoms. The Balaban J connectivity index is 2.29. The summed E-state index contributed by atoms with van der Waals surface area (Å²) in [6.07, 6.45) is 2.21. The van der Waals surface area contributed by atoms with E-state index in [1.807, 2.05) is 6.92 Å². The van der Waals surface area contributed by atoms with E-state index in [9.17, 15) is 9.90 Å². The molecule has 1 aliphatic carbocycles. The lowest BCUT2D eigenvalue weighted by Gasteiger charge is -2.19. The third kappa shape index (κ3) is 2.00. The molecule has 0 unspecified atom stereocenters. The topological polar surface area (TPSA) is 49.3 Å². The van der Waals surface area contributed by atoms with Crippen molar-refractivity contribution in [2.45, 2.75) is 31.7 Å². The minimum absolute atomic E-state index is 0.0110. The molecule has 4 heteroatoms. The third-order valence-electron chi connectivity index (χ3n) is 2.92. The van der Waals surface area contributed by atoms with Crippen LogP contribution in [0, 0.1) is 0 Å². The highest BCUT2D eigenvalue weighted by atomic mass is 35.5. The van der Waals surface area contributed by atoms with Gasteiger partial charge in [-0.25, -0.2) is 0 Å². The Kier molecular flexibility index (Phi) is 2.80. The Bertz CT molecular complexity index is 427. The van der Waals surface area contributed by atoms with Gasteiger partial charge in [0, 0.05) is 11.4 Å². The molecule has 1 aromatic carbocycles. The molecule has 0 spiro atoms. The normalized spacial score (nSPS) is 16.9. The lowest BCUT2D eigenvalue weighted by molar-refractivity contribution is -0.121. The molecule has 3 nitrogen and oxygen atoms in total. The number of hydrogen-bond acceptors (Lipinski definition) is 2. The zero-order chi connectivity index (χ0) is 11.8. The van der Waals surface area contributed by atoms with Crippen LogP contribution < -0.4 is 5.32 Å². The largest absolute Gasteiger partial charge is 0.508 e. The monoisotopic (exact) mass is 239 g/mol. The minimum atomic E-state index is -0.344. The molecule has 1 fully saturated rings. The Morgan fingerprint density at radius 3 is 2.81 bits per heavy atom. The molecule has 0 heterocycles. The van der Waals surface area contributed by atoms with Crippen LogP contribution in [0.5, 0.6) is 5.75 Å². The number of halogens is 1. The van der Waals surface area contributed by atoms with Gasteiger partial charge in [0.25, 0.3) is 0 Å². The van der Waals surface area contributed by atoms with Gasteiger partial charge in [0.2, 0.25) is 5.91 Å². The first kappa shape index (κ1) is 11.3. The fourth-order valence-electron chi connectivity index (χ4n) is 1.82. The summed E-state index contributed by atoms with van der Waals surface area (Å²) < 4.78 is 0. The second kappa shape index (κ2) is 3.98. The van der Waals surface area contributed by atoms with Crippen molar-refractivity contribution in [3.8, 4) is 5.75 Å². The molecular formula is C12H14ClNO2. The molecule has 1 aliphatic rings. The van der Waals surface area contributed by atoms with Crippen molar-refractivity contribution >= 4 is 17.5 Å². The third-order valence-corrected chi connectivity index (χ3v) is 3.24. The zero-order valence-corrected chi connectivity index (χ0v) is 9.84. The van der Waals surface area contributed by atoms with Crippen LogP contribution in [0.2, 0.25) is 5.02 Å². The first-order chi connectivity index (χ1) is 7.57. The van der Waals surface area contributed by atoms with Gasteiger partial charge < -0.3 is 10.4 Å². The van der Waals surface area contributed by atoms with Gasteiger partial charge in [-0.2, -0.15) is 0 Å². The van der Waals surface area contributed by atoms with E-state index in [-0.39, 0.29) is 17.2 Å². The SMILES string of the molecule is CCC(=O)NC1(c2cc(O)ccc2Cl)CC1. The fraction of sp³-hybridized carbons (Fsp3) is 0.417. The maximum absolute atomic E-state index is 11.4. The van der Waals surface area contributed by atoms with Gasteiger partial charge >= 0.3 is 0 Å².